The summed E-state index contributed by atoms with van der Waals surface area (Å²) in [6, 6.07) is 8.92. The molecular formula is C20H26N4O2S. The number of anilines is 2. The van der Waals surface area contributed by atoms with Gasteiger partial charge >= 0.3 is 6.03 Å². The van der Waals surface area contributed by atoms with Crippen molar-refractivity contribution < 1.29 is 9.59 Å². The van der Waals surface area contributed by atoms with Crippen LogP contribution in [0.4, 0.5) is 15.6 Å². The number of nitrogens with zero attached hydrogens (tertiary/aromatic N) is 1. The van der Waals surface area contributed by atoms with Gasteiger partial charge in [-0.05, 0) is 37.3 Å². The summed E-state index contributed by atoms with van der Waals surface area (Å²) in [5.74, 6) is 0.714. The highest BCUT2D eigenvalue weighted by atomic mass is 32.1. The maximum absolute atomic E-state index is 12.0. The Morgan fingerprint density at radius 1 is 1.07 bits per heavy atom. The minimum atomic E-state index is -0.327. The van der Waals surface area contributed by atoms with Crippen LogP contribution in [0.3, 0.4) is 0 Å². The second-order valence-corrected chi connectivity index (χ2v) is 7.76. The Balaban J connectivity index is 1.37. The third-order valence-corrected chi connectivity index (χ3v) is 5.53. The molecule has 0 aliphatic heterocycles. The molecule has 1 aromatic heterocycles. The van der Waals surface area contributed by atoms with Crippen molar-refractivity contribution in [2.75, 3.05) is 17.2 Å². The smallest absolute Gasteiger partial charge is 0.325 e. The van der Waals surface area contributed by atoms with Crippen molar-refractivity contribution in [3.63, 3.8) is 0 Å². The molecule has 1 saturated carbocycles. The molecule has 3 rings (SSSR count). The van der Waals surface area contributed by atoms with Crippen LogP contribution in [-0.2, 0) is 11.2 Å². The monoisotopic (exact) mass is 386 g/mol. The standard InChI is InChI=1S/C20H26N4O2S/c25-18(21-13-15-7-3-1-4-8-15)12-11-17-14-27-20(23-17)24-19(26)22-16-9-5-2-6-10-16/h2,5-6,9-10,14-15H,1,3-4,7-8,11-13H2,(H,21,25)(H2,22,23,24,26). The van der Waals surface area contributed by atoms with Crippen LogP contribution < -0.4 is 16.0 Å². The highest BCUT2D eigenvalue weighted by Crippen LogP contribution is 2.23. The Bertz CT molecular complexity index is 741. The van der Waals surface area contributed by atoms with Gasteiger partial charge < -0.3 is 10.6 Å². The number of carbonyl (C=O) groups excluding carboxylic acids is 2. The van der Waals surface area contributed by atoms with E-state index >= 15 is 0 Å². The zero-order chi connectivity index (χ0) is 18.9. The molecule has 1 fully saturated rings. The lowest BCUT2D eigenvalue weighted by molar-refractivity contribution is -0.121. The molecule has 1 aromatic carbocycles. The Hall–Kier alpha value is -2.41. The number of hydrogen-bond donors (Lipinski definition) is 3. The van der Waals surface area contributed by atoms with Gasteiger partial charge in [-0.2, -0.15) is 0 Å². The van der Waals surface area contributed by atoms with Crippen LogP contribution in [0.2, 0.25) is 0 Å². The van der Waals surface area contributed by atoms with E-state index in [1.807, 2.05) is 35.7 Å². The number of benzene rings is 1. The van der Waals surface area contributed by atoms with Crippen LogP contribution >= 0.6 is 11.3 Å². The van der Waals surface area contributed by atoms with Gasteiger partial charge in [0.15, 0.2) is 5.13 Å². The maximum atomic E-state index is 12.0. The molecule has 144 valence electrons. The fraction of sp³-hybridized carbons (Fsp3) is 0.450. The van der Waals surface area contributed by atoms with Crippen molar-refractivity contribution >= 4 is 34.1 Å². The van der Waals surface area contributed by atoms with Crippen molar-refractivity contribution in [3.8, 4) is 0 Å². The number of para-hydroxylation sites is 1. The third-order valence-electron chi connectivity index (χ3n) is 4.72. The van der Waals surface area contributed by atoms with Crippen LogP contribution in [0.5, 0.6) is 0 Å². The lowest BCUT2D eigenvalue weighted by Gasteiger charge is -2.21. The van der Waals surface area contributed by atoms with Gasteiger partial charge in [-0.25, -0.2) is 9.78 Å². The van der Waals surface area contributed by atoms with Crippen LogP contribution in [0, 0.1) is 5.92 Å². The fourth-order valence-electron chi connectivity index (χ4n) is 3.24. The van der Waals surface area contributed by atoms with E-state index in [1.54, 1.807) is 0 Å². The molecule has 0 spiro atoms. The van der Waals surface area contributed by atoms with Crippen molar-refractivity contribution in [1.82, 2.24) is 10.3 Å². The Morgan fingerprint density at radius 2 is 1.85 bits per heavy atom. The van der Waals surface area contributed by atoms with Gasteiger partial charge in [0.25, 0.3) is 0 Å². The predicted molar refractivity (Wildman–Crippen MR) is 109 cm³/mol. The summed E-state index contributed by atoms with van der Waals surface area (Å²) in [5, 5.41) is 10.9. The van der Waals surface area contributed by atoms with Gasteiger partial charge in [0.2, 0.25) is 5.91 Å². The Labute approximate surface area is 163 Å². The molecule has 3 N–H and O–H groups in total. The average Bonchev–Trinajstić information content (AvgIpc) is 3.13. The zero-order valence-corrected chi connectivity index (χ0v) is 16.2. The summed E-state index contributed by atoms with van der Waals surface area (Å²) in [6.45, 7) is 0.794. The van der Waals surface area contributed by atoms with Crippen LogP contribution in [0.1, 0.15) is 44.2 Å². The highest BCUT2D eigenvalue weighted by molar-refractivity contribution is 7.13. The average molecular weight is 387 g/mol. The zero-order valence-electron chi connectivity index (χ0n) is 15.4. The molecule has 2 aromatic rings. The van der Waals surface area contributed by atoms with Gasteiger partial charge in [-0.15, -0.1) is 11.3 Å². The largest absolute Gasteiger partial charge is 0.356 e. The first-order valence-electron chi connectivity index (χ1n) is 9.53. The molecular weight excluding hydrogens is 360 g/mol. The second kappa shape index (κ2) is 10.1. The van der Waals surface area contributed by atoms with E-state index in [0.29, 0.717) is 23.9 Å². The SMILES string of the molecule is O=C(CCc1csc(NC(=O)Nc2ccccc2)n1)NCC1CCCCC1. The van der Waals surface area contributed by atoms with E-state index in [-0.39, 0.29) is 11.9 Å². The molecule has 0 radical (unpaired) electrons. The number of nitrogens with one attached hydrogen (secondary N) is 3. The van der Waals surface area contributed by atoms with Crippen LogP contribution in [0.15, 0.2) is 35.7 Å². The lowest BCUT2D eigenvalue weighted by Crippen LogP contribution is -2.30. The first kappa shape index (κ1) is 19.4. The number of aryl methyl sites for hydroxylation is 1. The molecule has 7 heteroatoms. The molecule has 0 atom stereocenters. The van der Waals surface area contributed by atoms with Gasteiger partial charge in [0.1, 0.15) is 0 Å². The molecule has 27 heavy (non-hydrogen) atoms. The van der Waals surface area contributed by atoms with Gasteiger partial charge in [0.05, 0.1) is 5.69 Å². The first-order valence-corrected chi connectivity index (χ1v) is 10.4. The van der Waals surface area contributed by atoms with Crippen LogP contribution in [-0.4, -0.2) is 23.5 Å². The van der Waals surface area contributed by atoms with Crippen molar-refractivity contribution in [2.24, 2.45) is 5.92 Å². The molecule has 1 aliphatic rings. The van der Waals surface area contributed by atoms with E-state index in [4.69, 9.17) is 0 Å². The third kappa shape index (κ3) is 6.67. The summed E-state index contributed by atoms with van der Waals surface area (Å²) in [5.41, 5.74) is 1.55. The number of hydrogen-bond acceptors (Lipinski definition) is 4. The summed E-state index contributed by atoms with van der Waals surface area (Å²) in [4.78, 5) is 28.4. The fourth-order valence-corrected chi connectivity index (χ4v) is 3.98. The van der Waals surface area contributed by atoms with Gasteiger partial charge in [-0.1, -0.05) is 37.5 Å². The normalized spacial score (nSPS) is 14.5. The summed E-state index contributed by atoms with van der Waals surface area (Å²) < 4.78 is 0. The summed E-state index contributed by atoms with van der Waals surface area (Å²) in [6.07, 6.45) is 7.36. The highest BCUT2D eigenvalue weighted by Gasteiger charge is 2.14. The number of urea groups is 1. The van der Waals surface area contributed by atoms with E-state index in [9.17, 15) is 9.59 Å². The Morgan fingerprint density at radius 3 is 2.63 bits per heavy atom. The topological polar surface area (TPSA) is 83.1 Å². The van der Waals surface area contributed by atoms with E-state index < -0.39 is 0 Å². The molecule has 3 amide bonds. The number of aromatic nitrogens is 1. The quantitative estimate of drug-likeness (QED) is 0.659. The minimum Gasteiger partial charge on any atom is -0.356 e. The van der Waals surface area contributed by atoms with E-state index in [2.05, 4.69) is 20.9 Å². The lowest BCUT2D eigenvalue weighted by atomic mass is 9.89. The second-order valence-electron chi connectivity index (χ2n) is 6.90. The van der Waals surface area contributed by atoms with Crippen LogP contribution in [0.25, 0.3) is 0 Å². The summed E-state index contributed by atoms with van der Waals surface area (Å²) in [7, 11) is 0. The first-order chi connectivity index (χ1) is 13.2. The number of carbonyl (C=O) groups is 2. The molecule has 0 saturated heterocycles. The number of amides is 3. The van der Waals surface area contributed by atoms with Crippen molar-refractivity contribution in [1.29, 1.82) is 0 Å². The molecule has 1 heterocycles. The molecule has 6 nitrogen and oxygen atoms in total. The predicted octanol–water partition coefficient (Wildman–Crippen LogP) is 4.42. The van der Waals surface area contributed by atoms with Gasteiger partial charge in [0, 0.05) is 24.0 Å². The Kier molecular flexibility index (Phi) is 7.21. The van der Waals surface area contributed by atoms with Crippen molar-refractivity contribution in [2.45, 2.75) is 44.9 Å². The minimum absolute atomic E-state index is 0.0740. The molecule has 1 aliphatic carbocycles. The summed E-state index contributed by atoms with van der Waals surface area (Å²) >= 11 is 1.36. The van der Waals surface area contributed by atoms with E-state index in [1.165, 1.54) is 43.4 Å². The van der Waals surface area contributed by atoms with Crippen molar-refractivity contribution in [3.05, 3.63) is 41.4 Å². The molecule has 0 unspecified atom stereocenters. The number of thiazole rings is 1. The molecule has 0 bridgehead atoms. The number of rotatable bonds is 7. The van der Waals surface area contributed by atoms with E-state index in [0.717, 1.165) is 17.9 Å². The maximum Gasteiger partial charge on any atom is 0.325 e. The van der Waals surface area contributed by atoms with Gasteiger partial charge in [-0.3, -0.25) is 10.1 Å².